The van der Waals surface area contributed by atoms with Crippen LogP contribution in [0.3, 0.4) is 0 Å². The minimum Gasteiger partial charge on any atom is -0.478 e. The first-order chi connectivity index (χ1) is 12.0. The number of aliphatic carboxylic acids is 1. The van der Waals surface area contributed by atoms with Gasteiger partial charge in [0.1, 0.15) is 5.75 Å². The van der Waals surface area contributed by atoms with E-state index in [1.165, 1.54) is 6.08 Å². The Bertz CT molecular complexity index is 762. The van der Waals surface area contributed by atoms with Crippen molar-refractivity contribution in [3.8, 4) is 5.75 Å². The first-order valence-corrected chi connectivity index (χ1v) is 8.31. The number of methoxy groups -OCH3 is 1. The van der Waals surface area contributed by atoms with Gasteiger partial charge in [-0.3, -0.25) is 0 Å². The SMILES string of the molecule is CCCc1ccc(OCOC)c(/C(=C/C(=O)O)c2cccc(C)c2)c1. The lowest BCUT2D eigenvalue weighted by molar-refractivity contribution is -0.131. The highest BCUT2D eigenvalue weighted by Crippen LogP contribution is 2.33. The molecule has 2 aromatic carbocycles. The summed E-state index contributed by atoms with van der Waals surface area (Å²) in [4.78, 5) is 11.4. The summed E-state index contributed by atoms with van der Waals surface area (Å²) < 4.78 is 10.7. The molecule has 0 aliphatic heterocycles. The number of hydrogen-bond acceptors (Lipinski definition) is 3. The van der Waals surface area contributed by atoms with Gasteiger partial charge in [0.25, 0.3) is 0 Å². The third-order valence-electron chi connectivity index (χ3n) is 3.80. The minimum absolute atomic E-state index is 0.105. The van der Waals surface area contributed by atoms with Gasteiger partial charge >= 0.3 is 5.97 Å². The second kappa shape index (κ2) is 9.04. The van der Waals surface area contributed by atoms with Crippen molar-refractivity contribution in [1.29, 1.82) is 0 Å². The number of benzene rings is 2. The Morgan fingerprint density at radius 2 is 2.00 bits per heavy atom. The summed E-state index contributed by atoms with van der Waals surface area (Å²) in [7, 11) is 1.56. The molecule has 0 amide bonds. The van der Waals surface area contributed by atoms with Crippen LogP contribution in [0.2, 0.25) is 0 Å². The number of aryl methyl sites for hydroxylation is 2. The smallest absolute Gasteiger partial charge is 0.328 e. The van der Waals surface area contributed by atoms with Crippen molar-refractivity contribution < 1.29 is 19.4 Å². The van der Waals surface area contributed by atoms with Gasteiger partial charge < -0.3 is 14.6 Å². The van der Waals surface area contributed by atoms with Crippen LogP contribution in [0.1, 0.15) is 35.6 Å². The molecule has 0 heterocycles. The second-order valence-electron chi connectivity index (χ2n) is 5.90. The van der Waals surface area contributed by atoms with Crippen molar-refractivity contribution in [3.63, 3.8) is 0 Å². The standard InChI is InChI=1S/C21H24O4/c1-4-6-16-9-10-20(25-14-24-3)19(12-16)18(13-21(22)23)17-8-5-7-15(2)11-17/h5,7-13H,4,6,14H2,1-3H3,(H,22,23)/b18-13+. The van der Waals surface area contributed by atoms with E-state index < -0.39 is 5.97 Å². The fraction of sp³-hybridized carbons (Fsp3) is 0.286. The lowest BCUT2D eigenvalue weighted by Crippen LogP contribution is -2.04. The Morgan fingerprint density at radius 1 is 1.20 bits per heavy atom. The number of carbonyl (C=O) groups is 1. The van der Waals surface area contributed by atoms with Crippen molar-refractivity contribution in [3.05, 3.63) is 70.8 Å². The minimum atomic E-state index is -0.991. The second-order valence-corrected chi connectivity index (χ2v) is 5.90. The molecule has 25 heavy (non-hydrogen) atoms. The topological polar surface area (TPSA) is 55.8 Å². The van der Waals surface area contributed by atoms with E-state index in [9.17, 15) is 9.90 Å². The van der Waals surface area contributed by atoms with Gasteiger partial charge in [0.05, 0.1) is 0 Å². The molecule has 4 nitrogen and oxygen atoms in total. The molecule has 4 heteroatoms. The predicted molar refractivity (Wildman–Crippen MR) is 98.8 cm³/mol. The van der Waals surface area contributed by atoms with Crippen molar-refractivity contribution in [2.75, 3.05) is 13.9 Å². The zero-order valence-electron chi connectivity index (χ0n) is 14.9. The molecule has 0 saturated heterocycles. The van der Waals surface area contributed by atoms with Crippen molar-refractivity contribution >= 4 is 11.5 Å². The molecule has 0 atom stereocenters. The highest BCUT2D eigenvalue weighted by atomic mass is 16.7. The summed E-state index contributed by atoms with van der Waals surface area (Å²) in [6.07, 6.45) is 3.17. The Hall–Kier alpha value is -2.59. The van der Waals surface area contributed by atoms with Gasteiger partial charge in [-0.1, -0.05) is 49.2 Å². The maximum Gasteiger partial charge on any atom is 0.328 e. The Balaban J connectivity index is 2.61. The molecule has 0 saturated carbocycles. The number of ether oxygens (including phenoxy) is 2. The van der Waals surface area contributed by atoms with E-state index in [1.54, 1.807) is 7.11 Å². The Labute approximate surface area is 148 Å². The van der Waals surface area contributed by atoms with Crippen LogP contribution in [0.25, 0.3) is 5.57 Å². The molecule has 1 N–H and O–H groups in total. The van der Waals surface area contributed by atoms with Gasteiger partial charge in [-0.05, 0) is 42.2 Å². The Kier molecular flexibility index (Phi) is 6.78. The largest absolute Gasteiger partial charge is 0.478 e. The van der Waals surface area contributed by atoms with Crippen LogP contribution in [0, 0.1) is 6.92 Å². The van der Waals surface area contributed by atoms with E-state index >= 15 is 0 Å². The lowest BCUT2D eigenvalue weighted by atomic mass is 9.93. The Morgan fingerprint density at radius 3 is 2.64 bits per heavy atom. The van der Waals surface area contributed by atoms with Gasteiger partial charge in [0.15, 0.2) is 6.79 Å². The number of carboxylic acid groups (broad SMARTS) is 1. The number of carboxylic acids is 1. The van der Waals surface area contributed by atoms with E-state index in [-0.39, 0.29) is 6.79 Å². The summed E-state index contributed by atoms with van der Waals surface area (Å²) in [5.74, 6) is -0.384. The number of rotatable bonds is 8. The fourth-order valence-electron chi connectivity index (χ4n) is 2.73. The molecular formula is C21H24O4. The zero-order chi connectivity index (χ0) is 18.2. The zero-order valence-corrected chi connectivity index (χ0v) is 14.9. The summed E-state index contributed by atoms with van der Waals surface area (Å²) in [6.45, 7) is 4.20. The third kappa shape index (κ3) is 5.19. The molecule has 2 rings (SSSR count). The highest BCUT2D eigenvalue weighted by molar-refractivity contribution is 5.96. The summed E-state index contributed by atoms with van der Waals surface area (Å²) in [5, 5.41) is 9.37. The van der Waals surface area contributed by atoms with Gasteiger partial charge in [0.2, 0.25) is 0 Å². The van der Waals surface area contributed by atoms with E-state index in [4.69, 9.17) is 9.47 Å². The van der Waals surface area contributed by atoms with E-state index in [2.05, 4.69) is 6.92 Å². The maximum atomic E-state index is 11.4. The van der Waals surface area contributed by atoms with Crippen LogP contribution in [0.5, 0.6) is 5.75 Å². The average molecular weight is 340 g/mol. The quantitative estimate of drug-likeness (QED) is 0.570. The van der Waals surface area contributed by atoms with Crippen LogP contribution < -0.4 is 4.74 Å². The molecule has 0 fully saturated rings. The van der Waals surface area contributed by atoms with E-state index in [1.807, 2.05) is 49.4 Å². The summed E-state index contributed by atoms with van der Waals surface area (Å²) in [5.41, 5.74) is 4.44. The molecular weight excluding hydrogens is 316 g/mol. The molecule has 132 valence electrons. The van der Waals surface area contributed by atoms with Crippen molar-refractivity contribution in [2.45, 2.75) is 26.7 Å². The van der Waals surface area contributed by atoms with E-state index in [0.717, 1.165) is 35.1 Å². The molecule has 0 spiro atoms. The molecule has 0 bridgehead atoms. The van der Waals surface area contributed by atoms with E-state index in [0.29, 0.717) is 11.3 Å². The van der Waals surface area contributed by atoms with Crippen LogP contribution >= 0.6 is 0 Å². The summed E-state index contributed by atoms with van der Waals surface area (Å²) >= 11 is 0. The van der Waals surface area contributed by atoms with Gasteiger partial charge in [0, 0.05) is 18.7 Å². The van der Waals surface area contributed by atoms with Crippen molar-refractivity contribution in [1.82, 2.24) is 0 Å². The normalized spacial score (nSPS) is 11.4. The molecule has 2 aromatic rings. The fourth-order valence-corrected chi connectivity index (χ4v) is 2.73. The summed E-state index contributed by atoms with van der Waals surface area (Å²) in [6, 6.07) is 13.7. The third-order valence-corrected chi connectivity index (χ3v) is 3.80. The monoisotopic (exact) mass is 340 g/mol. The molecule has 0 unspecified atom stereocenters. The lowest BCUT2D eigenvalue weighted by Gasteiger charge is -2.16. The highest BCUT2D eigenvalue weighted by Gasteiger charge is 2.14. The van der Waals surface area contributed by atoms with Crippen LogP contribution in [-0.2, 0) is 16.0 Å². The molecule has 0 aliphatic rings. The average Bonchev–Trinajstić information content (AvgIpc) is 2.58. The van der Waals surface area contributed by atoms with Crippen LogP contribution in [-0.4, -0.2) is 25.0 Å². The molecule has 0 aliphatic carbocycles. The van der Waals surface area contributed by atoms with Gasteiger partial charge in [-0.2, -0.15) is 0 Å². The van der Waals surface area contributed by atoms with Crippen LogP contribution in [0.4, 0.5) is 0 Å². The first-order valence-electron chi connectivity index (χ1n) is 8.31. The van der Waals surface area contributed by atoms with Gasteiger partial charge in [-0.25, -0.2) is 4.79 Å². The number of hydrogen-bond donors (Lipinski definition) is 1. The van der Waals surface area contributed by atoms with Gasteiger partial charge in [-0.15, -0.1) is 0 Å². The molecule has 0 aromatic heterocycles. The molecule has 0 radical (unpaired) electrons. The van der Waals surface area contributed by atoms with Crippen molar-refractivity contribution in [2.24, 2.45) is 0 Å². The first kappa shape index (κ1) is 18.7. The predicted octanol–water partition coefficient (Wildman–Crippen LogP) is 4.45. The maximum absolute atomic E-state index is 11.4. The van der Waals surface area contributed by atoms with Crippen LogP contribution in [0.15, 0.2) is 48.5 Å².